The van der Waals surface area contributed by atoms with Gasteiger partial charge in [0.05, 0.1) is 22.7 Å². The number of rotatable bonds is 4. The molecule has 2 fully saturated rings. The summed E-state index contributed by atoms with van der Waals surface area (Å²) in [6.07, 6.45) is 0. The van der Waals surface area contributed by atoms with E-state index in [2.05, 4.69) is 5.32 Å². The Hall–Kier alpha value is -4.57. The van der Waals surface area contributed by atoms with E-state index >= 15 is 4.79 Å². The van der Waals surface area contributed by atoms with Crippen LogP contribution in [0.2, 0.25) is 0 Å². The molecule has 37 heavy (non-hydrogen) atoms. The first-order chi connectivity index (χ1) is 18.1. The molecule has 3 aliphatic rings. The Kier molecular flexibility index (Phi) is 4.52. The highest BCUT2D eigenvalue weighted by atomic mass is 16.2. The van der Waals surface area contributed by atoms with Crippen LogP contribution in [-0.2, 0) is 25.2 Å². The van der Waals surface area contributed by atoms with E-state index in [1.807, 2.05) is 121 Å². The molecule has 1 N–H and O–H groups in total. The predicted octanol–water partition coefficient (Wildman–Crippen LogP) is 4.96. The largest absolute Gasteiger partial charge is 0.297 e. The second-order valence-corrected chi connectivity index (χ2v) is 9.97. The second-order valence-electron chi connectivity index (χ2n) is 9.97. The van der Waals surface area contributed by atoms with Crippen molar-refractivity contribution in [3.05, 3.63) is 144 Å². The topological polar surface area (TPSA) is 63.2 Å². The van der Waals surface area contributed by atoms with Crippen LogP contribution in [0, 0.1) is 11.8 Å². The summed E-state index contributed by atoms with van der Waals surface area (Å²) in [5.41, 5.74) is 2.22. The van der Waals surface area contributed by atoms with Crippen LogP contribution in [0.5, 0.6) is 0 Å². The van der Waals surface area contributed by atoms with Gasteiger partial charge in [-0.1, -0.05) is 121 Å². The minimum Gasteiger partial charge on any atom is -0.297 e. The van der Waals surface area contributed by atoms with E-state index in [4.69, 9.17) is 0 Å². The van der Waals surface area contributed by atoms with Gasteiger partial charge in [0, 0.05) is 0 Å². The number of allylic oxidation sites excluding steroid dienone is 2. The van der Waals surface area contributed by atoms with Crippen molar-refractivity contribution in [3.63, 3.8) is 0 Å². The lowest BCUT2D eigenvalue weighted by atomic mass is 9.59. The van der Waals surface area contributed by atoms with Gasteiger partial charge in [0.1, 0.15) is 0 Å². The van der Waals surface area contributed by atoms with E-state index in [9.17, 15) is 9.59 Å². The molecule has 2 aliphatic carbocycles. The lowest BCUT2D eigenvalue weighted by Crippen LogP contribution is -2.44. The van der Waals surface area contributed by atoms with Crippen molar-refractivity contribution < 1.29 is 14.4 Å². The lowest BCUT2D eigenvalue weighted by Gasteiger charge is -2.39. The number of hydrogen-bond acceptors (Lipinski definition) is 3. The number of carbonyl (C=O) groups excluding carboxylic acids is 3. The van der Waals surface area contributed by atoms with Crippen LogP contribution in [0.25, 0.3) is 11.1 Å². The number of amides is 2. The molecule has 7 rings (SSSR count). The third kappa shape index (κ3) is 2.54. The quantitative estimate of drug-likeness (QED) is 0.419. The molecular formula is C33H23NO3. The van der Waals surface area contributed by atoms with E-state index in [0.29, 0.717) is 0 Å². The second kappa shape index (κ2) is 7.71. The molecule has 0 aromatic heterocycles. The molecule has 4 atom stereocenters. The number of hydrogen-bond donors (Lipinski definition) is 1. The van der Waals surface area contributed by atoms with Gasteiger partial charge >= 0.3 is 0 Å². The molecule has 0 unspecified atom stereocenters. The number of Topliss-reactive ketones (excluding diaryl/α,β-unsaturated/α-hetero) is 1. The number of nitrogens with one attached hydrogen (secondary N) is 1. The highest BCUT2D eigenvalue weighted by molar-refractivity contribution is 6.35. The molecule has 1 heterocycles. The van der Waals surface area contributed by atoms with Crippen LogP contribution in [0.3, 0.4) is 0 Å². The van der Waals surface area contributed by atoms with Gasteiger partial charge in [0.25, 0.3) is 0 Å². The van der Waals surface area contributed by atoms with Crippen molar-refractivity contribution >= 4 is 28.7 Å². The lowest BCUT2D eigenvalue weighted by molar-refractivity contribution is -0.132. The number of carbonyl (C=O) groups is 3. The van der Waals surface area contributed by atoms with Crippen LogP contribution in [0.15, 0.2) is 121 Å². The first-order valence-electron chi connectivity index (χ1n) is 12.5. The van der Waals surface area contributed by atoms with Crippen LogP contribution >= 0.6 is 0 Å². The molecule has 4 aromatic carbocycles. The van der Waals surface area contributed by atoms with Gasteiger partial charge in [0.2, 0.25) is 11.8 Å². The third-order valence-electron chi connectivity index (χ3n) is 8.42. The summed E-state index contributed by atoms with van der Waals surface area (Å²) >= 11 is 0. The van der Waals surface area contributed by atoms with Crippen molar-refractivity contribution in [2.24, 2.45) is 11.8 Å². The standard InChI is InChI=1S/C33H23NO3/c35-29-27-28(30(36)34-29)33(24-19-11-4-12-20-24)26(22-15-7-2-8-16-22)25(21-13-5-1-6-14-21)32(27,31(33)37)23-17-9-3-10-18-23/h1-20,27-28H,(H,34,35,36)/t27-,28+,32-,33-/m1/s1. The van der Waals surface area contributed by atoms with E-state index in [1.54, 1.807) is 0 Å². The maximum atomic E-state index is 15.3. The van der Waals surface area contributed by atoms with Crippen LogP contribution in [0.1, 0.15) is 22.3 Å². The van der Waals surface area contributed by atoms with Crippen LogP contribution in [0.4, 0.5) is 0 Å². The fraction of sp³-hybridized carbons (Fsp3) is 0.121. The van der Waals surface area contributed by atoms with E-state index in [-0.39, 0.29) is 17.6 Å². The number of imide groups is 1. The summed E-state index contributed by atoms with van der Waals surface area (Å²) < 4.78 is 0. The average Bonchev–Trinajstić information content (AvgIpc) is 3.49. The Labute approximate surface area is 214 Å². The molecule has 2 amide bonds. The molecule has 4 aromatic rings. The Morgan fingerprint density at radius 2 is 0.784 bits per heavy atom. The van der Waals surface area contributed by atoms with Gasteiger partial charge in [-0.05, 0) is 33.4 Å². The van der Waals surface area contributed by atoms with Gasteiger partial charge in [-0.15, -0.1) is 0 Å². The highest BCUT2D eigenvalue weighted by Gasteiger charge is 2.81. The van der Waals surface area contributed by atoms with Gasteiger partial charge < -0.3 is 0 Å². The summed E-state index contributed by atoms with van der Waals surface area (Å²) in [6, 6.07) is 38.8. The van der Waals surface area contributed by atoms with Crippen molar-refractivity contribution in [2.75, 3.05) is 0 Å². The summed E-state index contributed by atoms with van der Waals surface area (Å²) in [6.45, 7) is 0. The maximum absolute atomic E-state index is 15.3. The SMILES string of the molecule is O=C1NC(=O)[C@H]2[C@@H]1[C@]1(c3ccccc3)C(=O)[C@]2(c2ccccc2)C(c2ccccc2)=C1c1ccccc1. The van der Waals surface area contributed by atoms with Crippen molar-refractivity contribution in [3.8, 4) is 0 Å². The zero-order valence-corrected chi connectivity index (χ0v) is 19.9. The molecule has 178 valence electrons. The van der Waals surface area contributed by atoms with Gasteiger partial charge in [-0.25, -0.2) is 0 Å². The van der Waals surface area contributed by atoms with Gasteiger partial charge in [-0.2, -0.15) is 0 Å². The molecule has 4 nitrogen and oxygen atoms in total. The van der Waals surface area contributed by atoms with Crippen molar-refractivity contribution in [1.82, 2.24) is 5.32 Å². The Balaban J connectivity index is 1.73. The van der Waals surface area contributed by atoms with Gasteiger partial charge in [0.15, 0.2) is 5.78 Å². The number of ketones is 1. The molecular weight excluding hydrogens is 458 g/mol. The predicted molar refractivity (Wildman–Crippen MR) is 141 cm³/mol. The minimum absolute atomic E-state index is 0.103. The highest BCUT2D eigenvalue weighted by Crippen LogP contribution is 2.73. The van der Waals surface area contributed by atoms with E-state index in [0.717, 1.165) is 33.4 Å². The molecule has 1 aliphatic heterocycles. The van der Waals surface area contributed by atoms with E-state index in [1.165, 1.54) is 0 Å². The maximum Gasteiger partial charge on any atom is 0.232 e. The summed E-state index contributed by atoms with van der Waals surface area (Å²) in [5.74, 6) is -2.57. The third-order valence-corrected chi connectivity index (χ3v) is 8.42. The monoisotopic (exact) mass is 481 g/mol. The summed E-state index contributed by atoms with van der Waals surface area (Å²) in [5, 5.41) is 2.62. The Morgan fingerprint density at radius 3 is 1.14 bits per heavy atom. The number of benzene rings is 4. The minimum atomic E-state index is -1.31. The van der Waals surface area contributed by atoms with Gasteiger partial charge in [-0.3, -0.25) is 19.7 Å². The molecule has 0 radical (unpaired) electrons. The van der Waals surface area contributed by atoms with Crippen LogP contribution < -0.4 is 5.32 Å². The average molecular weight is 482 g/mol. The first kappa shape index (κ1) is 21.7. The number of fused-ring (bicyclic) bond motifs is 5. The summed E-state index contributed by atoms with van der Waals surface area (Å²) in [4.78, 5) is 42.6. The van der Waals surface area contributed by atoms with E-state index < -0.39 is 22.7 Å². The summed E-state index contributed by atoms with van der Waals surface area (Å²) in [7, 11) is 0. The fourth-order valence-electron chi connectivity index (χ4n) is 7.26. The smallest absolute Gasteiger partial charge is 0.232 e. The Morgan fingerprint density at radius 1 is 0.459 bits per heavy atom. The molecule has 0 spiro atoms. The fourth-order valence-corrected chi connectivity index (χ4v) is 7.26. The molecule has 2 bridgehead atoms. The molecule has 1 saturated heterocycles. The zero-order chi connectivity index (χ0) is 25.2. The molecule has 4 heteroatoms. The first-order valence-corrected chi connectivity index (χ1v) is 12.5. The molecule has 1 saturated carbocycles. The van der Waals surface area contributed by atoms with Crippen molar-refractivity contribution in [1.29, 1.82) is 0 Å². The van der Waals surface area contributed by atoms with Crippen molar-refractivity contribution in [2.45, 2.75) is 10.8 Å². The zero-order valence-electron chi connectivity index (χ0n) is 19.9. The van der Waals surface area contributed by atoms with Crippen LogP contribution in [-0.4, -0.2) is 17.6 Å². The normalized spacial score (nSPS) is 27.9. The Bertz CT molecular complexity index is 1480.